The highest BCUT2D eigenvalue weighted by atomic mass is 16.5. The molecule has 29 heavy (non-hydrogen) atoms. The number of rotatable bonds is 7. The molecule has 3 heterocycles. The number of hydrogen-bond donors (Lipinski definition) is 1. The quantitative estimate of drug-likeness (QED) is 0.649. The van der Waals surface area contributed by atoms with E-state index in [9.17, 15) is 4.79 Å². The number of benzene rings is 1. The highest BCUT2D eigenvalue weighted by Crippen LogP contribution is 2.29. The van der Waals surface area contributed by atoms with Crippen molar-refractivity contribution in [3.8, 4) is 5.75 Å². The van der Waals surface area contributed by atoms with Crippen LogP contribution in [0.25, 0.3) is 11.1 Å². The molecule has 1 saturated heterocycles. The van der Waals surface area contributed by atoms with E-state index in [1.165, 1.54) is 0 Å². The van der Waals surface area contributed by atoms with Gasteiger partial charge < -0.3 is 23.9 Å². The molecule has 1 aliphatic heterocycles. The van der Waals surface area contributed by atoms with E-state index in [1.807, 2.05) is 29.8 Å². The summed E-state index contributed by atoms with van der Waals surface area (Å²) >= 11 is 0. The maximum absolute atomic E-state index is 12.4. The van der Waals surface area contributed by atoms with E-state index in [4.69, 9.17) is 9.15 Å². The number of piperidine rings is 1. The van der Waals surface area contributed by atoms with E-state index < -0.39 is 0 Å². The summed E-state index contributed by atoms with van der Waals surface area (Å²) in [6.45, 7) is 2.21. The number of carbonyl (C=O) groups excluding carboxylic acids is 1. The lowest BCUT2D eigenvalue weighted by Gasteiger charge is -2.31. The second kappa shape index (κ2) is 8.50. The van der Waals surface area contributed by atoms with E-state index in [0.29, 0.717) is 25.4 Å². The van der Waals surface area contributed by atoms with Crippen molar-refractivity contribution < 1.29 is 13.9 Å². The lowest BCUT2D eigenvalue weighted by molar-refractivity contribution is -0.122. The Hall–Kier alpha value is -3.10. The fourth-order valence-electron chi connectivity index (χ4n) is 3.74. The van der Waals surface area contributed by atoms with Crippen LogP contribution in [0.3, 0.4) is 0 Å². The maximum Gasteiger partial charge on any atom is 0.298 e. The zero-order valence-corrected chi connectivity index (χ0v) is 16.8. The Bertz CT molecular complexity index is 982. The molecule has 1 atom stereocenters. The number of anilines is 1. The summed E-state index contributed by atoms with van der Waals surface area (Å²) in [5, 5.41) is 10.9. The summed E-state index contributed by atoms with van der Waals surface area (Å²) in [6.07, 6.45) is 4.88. The number of fused-ring (bicyclic) bond motifs is 1. The Morgan fingerprint density at radius 3 is 3.10 bits per heavy atom. The van der Waals surface area contributed by atoms with Gasteiger partial charge in [0.05, 0.1) is 7.11 Å². The molecule has 154 valence electrons. The van der Waals surface area contributed by atoms with Crippen molar-refractivity contribution >= 4 is 23.0 Å². The normalized spacial score (nSPS) is 16.9. The lowest BCUT2D eigenvalue weighted by Crippen LogP contribution is -2.38. The minimum atomic E-state index is 0.0707. The van der Waals surface area contributed by atoms with Crippen LogP contribution in [-0.4, -0.2) is 52.4 Å². The standard InChI is InChI=1S/C20H26N6O3/c1-25-13-22-24-18(25)7-8-21-19(27)10-14-4-3-9-26(12-14)20-23-16-11-15(28-2)5-6-17(16)29-20/h5-6,11,13-14H,3-4,7-10,12H2,1-2H3,(H,21,27). The van der Waals surface area contributed by atoms with Gasteiger partial charge in [0, 0.05) is 45.6 Å². The number of hydrogen-bond acceptors (Lipinski definition) is 7. The van der Waals surface area contributed by atoms with Crippen molar-refractivity contribution in [2.45, 2.75) is 25.7 Å². The maximum atomic E-state index is 12.4. The summed E-state index contributed by atoms with van der Waals surface area (Å²) in [5.74, 6) is 1.97. The van der Waals surface area contributed by atoms with Crippen LogP contribution in [0.5, 0.6) is 5.75 Å². The number of methoxy groups -OCH3 is 1. The third-order valence-electron chi connectivity index (χ3n) is 5.32. The van der Waals surface area contributed by atoms with Gasteiger partial charge in [-0.2, -0.15) is 4.98 Å². The van der Waals surface area contributed by atoms with Gasteiger partial charge in [0.2, 0.25) is 5.91 Å². The smallest absolute Gasteiger partial charge is 0.298 e. The first kappa shape index (κ1) is 19.2. The molecular formula is C20H26N6O3. The van der Waals surface area contributed by atoms with Crippen molar-refractivity contribution in [1.82, 2.24) is 25.1 Å². The molecule has 1 aliphatic rings. The van der Waals surface area contributed by atoms with Crippen molar-refractivity contribution in [3.05, 3.63) is 30.4 Å². The van der Waals surface area contributed by atoms with Gasteiger partial charge in [-0.25, -0.2) is 0 Å². The summed E-state index contributed by atoms with van der Waals surface area (Å²) < 4.78 is 13.0. The molecule has 1 aromatic carbocycles. The Labute approximate surface area is 169 Å². The molecule has 3 aromatic rings. The number of nitrogens with one attached hydrogen (secondary N) is 1. The summed E-state index contributed by atoms with van der Waals surface area (Å²) in [6, 6.07) is 6.22. The molecule has 0 aliphatic carbocycles. The van der Waals surface area contributed by atoms with Gasteiger partial charge in [0.25, 0.3) is 6.01 Å². The second-order valence-corrected chi connectivity index (χ2v) is 7.45. The SMILES string of the molecule is COc1ccc2oc(N3CCCC(CC(=O)NCCc4nncn4C)C3)nc2c1. The molecule has 0 bridgehead atoms. The zero-order chi connectivity index (χ0) is 20.2. The van der Waals surface area contributed by atoms with Gasteiger partial charge in [-0.1, -0.05) is 0 Å². The molecule has 1 fully saturated rings. The van der Waals surface area contributed by atoms with Crippen molar-refractivity contribution in [2.24, 2.45) is 13.0 Å². The van der Waals surface area contributed by atoms with Gasteiger partial charge in [-0.3, -0.25) is 4.79 Å². The fourth-order valence-corrected chi connectivity index (χ4v) is 3.74. The van der Waals surface area contributed by atoms with Gasteiger partial charge >= 0.3 is 0 Å². The van der Waals surface area contributed by atoms with E-state index in [2.05, 4.69) is 25.4 Å². The number of nitrogens with zero attached hydrogens (tertiary/aromatic N) is 5. The summed E-state index contributed by atoms with van der Waals surface area (Å²) in [4.78, 5) is 19.1. The van der Waals surface area contributed by atoms with Crippen molar-refractivity contribution in [2.75, 3.05) is 31.6 Å². The molecule has 1 N–H and O–H groups in total. The molecule has 0 spiro atoms. The number of aryl methyl sites for hydroxylation is 1. The predicted octanol–water partition coefficient (Wildman–Crippen LogP) is 1.93. The minimum absolute atomic E-state index is 0.0707. The average molecular weight is 398 g/mol. The number of oxazole rings is 1. The van der Waals surface area contributed by atoms with Crippen LogP contribution >= 0.6 is 0 Å². The molecule has 9 nitrogen and oxygen atoms in total. The van der Waals surface area contributed by atoms with Crippen LogP contribution in [-0.2, 0) is 18.3 Å². The molecular weight excluding hydrogens is 372 g/mol. The van der Waals surface area contributed by atoms with Crippen LogP contribution < -0.4 is 15.0 Å². The number of ether oxygens (including phenoxy) is 1. The molecule has 2 aromatic heterocycles. The van der Waals surface area contributed by atoms with E-state index in [1.54, 1.807) is 13.4 Å². The van der Waals surface area contributed by atoms with E-state index in [-0.39, 0.29) is 11.8 Å². The third kappa shape index (κ3) is 4.49. The number of amides is 1. The Morgan fingerprint density at radius 2 is 2.31 bits per heavy atom. The Balaban J connectivity index is 1.31. The van der Waals surface area contributed by atoms with E-state index >= 15 is 0 Å². The largest absolute Gasteiger partial charge is 0.497 e. The van der Waals surface area contributed by atoms with Crippen molar-refractivity contribution in [1.29, 1.82) is 0 Å². The molecule has 4 rings (SSSR count). The molecule has 9 heteroatoms. The fraction of sp³-hybridized carbons (Fsp3) is 0.500. The monoisotopic (exact) mass is 398 g/mol. The first-order chi connectivity index (χ1) is 14.1. The highest BCUT2D eigenvalue weighted by molar-refractivity contribution is 5.77. The van der Waals surface area contributed by atoms with Crippen LogP contribution in [0.1, 0.15) is 25.1 Å². The predicted molar refractivity (Wildman–Crippen MR) is 108 cm³/mol. The van der Waals surface area contributed by atoms with E-state index in [0.717, 1.165) is 48.6 Å². The summed E-state index contributed by atoms with van der Waals surface area (Å²) in [5.41, 5.74) is 1.52. The molecule has 0 radical (unpaired) electrons. The lowest BCUT2D eigenvalue weighted by atomic mass is 9.94. The van der Waals surface area contributed by atoms with Crippen LogP contribution in [0.15, 0.2) is 28.9 Å². The highest BCUT2D eigenvalue weighted by Gasteiger charge is 2.25. The van der Waals surface area contributed by atoms with Crippen LogP contribution in [0.4, 0.5) is 6.01 Å². The minimum Gasteiger partial charge on any atom is -0.497 e. The zero-order valence-electron chi connectivity index (χ0n) is 16.8. The second-order valence-electron chi connectivity index (χ2n) is 7.45. The third-order valence-corrected chi connectivity index (χ3v) is 5.32. The number of aromatic nitrogens is 4. The molecule has 0 saturated carbocycles. The van der Waals surface area contributed by atoms with Gasteiger partial charge in [-0.15, -0.1) is 10.2 Å². The Morgan fingerprint density at radius 1 is 1.41 bits per heavy atom. The molecule has 1 unspecified atom stereocenters. The Kier molecular flexibility index (Phi) is 5.64. The van der Waals surface area contributed by atoms with Crippen LogP contribution in [0, 0.1) is 5.92 Å². The first-order valence-electron chi connectivity index (χ1n) is 9.91. The molecule has 1 amide bonds. The van der Waals surface area contributed by atoms with Gasteiger partial charge in [0.15, 0.2) is 5.58 Å². The van der Waals surface area contributed by atoms with Gasteiger partial charge in [0.1, 0.15) is 23.4 Å². The van der Waals surface area contributed by atoms with Crippen molar-refractivity contribution in [3.63, 3.8) is 0 Å². The first-order valence-corrected chi connectivity index (χ1v) is 9.91. The topological polar surface area (TPSA) is 98.3 Å². The van der Waals surface area contributed by atoms with Gasteiger partial charge in [-0.05, 0) is 30.9 Å². The summed E-state index contributed by atoms with van der Waals surface area (Å²) in [7, 11) is 3.53. The number of carbonyl (C=O) groups is 1. The van der Waals surface area contributed by atoms with Crippen LogP contribution in [0.2, 0.25) is 0 Å². The average Bonchev–Trinajstić information content (AvgIpc) is 3.33.